The summed E-state index contributed by atoms with van der Waals surface area (Å²) in [6.07, 6.45) is 0.805. The van der Waals surface area contributed by atoms with Crippen LogP contribution in [-0.4, -0.2) is 36.9 Å². The summed E-state index contributed by atoms with van der Waals surface area (Å²) in [5, 5.41) is 0. The van der Waals surface area contributed by atoms with Gasteiger partial charge in [0.1, 0.15) is 0 Å². The van der Waals surface area contributed by atoms with Crippen molar-refractivity contribution in [2.24, 2.45) is 0 Å². The molecule has 4 nitrogen and oxygen atoms in total. The molecule has 6 heteroatoms. The molecule has 1 aromatic carbocycles. The lowest BCUT2D eigenvalue weighted by Gasteiger charge is -2.09. The van der Waals surface area contributed by atoms with Crippen molar-refractivity contribution in [1.82, 2.24) is 0 Å². The highest BCUT2D eigenvalue weighted by molar-refractivity contribution is 7.94. The van der Waals surface area contributed by atoms with Gasteiger partial charge in [-0.3, -0.25) is 0 Å². The van der Waals surface area contributed by atoms with E-state index in [1.807, 2.05) is 12.1 Å². The van der Waals surface area contributed by atoms with E-state index in [-0.39, 0.29) is 0 Å². The quantitative estimate of drug-likeness (QED) is 0.376. The summed E-state index contributed by atoms with van der Waals surface area (Å²) in [5.41, 5.74) is 2.36. The van der Waals surface area contributed by atoms with Crippen molar-refractivity contribution in [2.75, 3.05) is 24.7 Å². The van der Waals surface area contributed by atoms with Crippen molar-refractivity contribution in [3.8, 4) is 0 Å². The van der Waals surface area contributed by atoms with E-state index >= 15 is 0 Å². The highest BCUT2D eigenvalue weighted by atomic mass is 32.2. The van der Waals surface area contributed by atoms with Crippen LogP contribution >= 0.6 is 24.1 Å². The number of ether oxygens (including phenoxy) is 2. The SMILES string of the molecule is c1ccc(COSCC2CO2)c(COSCC2CO2)c1. The predicted molar refractivity (Wildman–Crippen MR) is 80.4 cm³/mol. The van der Waals surface area contributed by atoms with Crippen LogP contribution in [0.4, 0.5) is 0 Å². The lowest BCUT2D eigenvalue weighted by atomic mass is 10.1. The van der Waals surface area contributed by atoms with Crippen LogP contribution in [0, 0.1) is 0 Å². The Morgan fingerprint density at radius 2 is 1.35 bits per heavy atom. The third-order valence-electron chi connectivity index (χ3n) is 3.03. The Kier molecular flexibility index (Phi) is 5.64. The number of epoxide rings is 2. The second-order valence-electron chi connectivity index (χ2n) is 4.77. The van der Waals surface area contributed by atoms with Crippen LogP contribution in [0.2, 0.25) is 0 Å². The molecule has 0 N–H and O–H groups in total. The zero-order chi connectivity index (χ0) is 13.6. The fraction of sp³-hybridized carbons (Fsp3) is 0.571. The zero-order valence-corrected chi connectivity index (χ0v) is 12.8. The monoisotopic (exact) mass is 314 g/mol. The van der Waals surface area contributed by atoms with E-state index in [9.17, 15) is 0 Å². The van der Waals surface area contributed by atoms with E-state index in [0.717, 1.165) is 24.7 Å². The highest BCUT2D eigenvalue weighted by Gasteiger charge is 2.23. The van der Waals surface area contributed by atoms with E-state index in [2.05, 4.69) is 12.1 Å². The van der Waals surface area contributed by atoms with E-state index in [1.165, 1.54) is 35.2 Å². The van der Waals surface area contributed by atoms with Crippen molar-refractivity contribution < 1.29 is 17.8 Å². The molecule has 0 radical (unpaired) electrons. The van der Waals surface area contributed by atoms with Gasteiger partial charge in [-0.25, -0.2) is 0 Å². The maximum absolute atomic E-state index is 5.62. The summed E-state index contributed by atoms with van der Waals surface area (Å²) in [4.78, 5) is 0. The minimum Gasteiger partial charge on any atom is -0.372 e. The fourth-order valence-corrected chi connectivity index (χ4v) is 2.93. The van der Waals surface area contributed by atoms with Gasteiger partial charge in [0.25, 0.3) is 0 Å². The maximum atomic E-state index is 5.62. The van der Waals surface area contributed by atoms with Crippen molar-refractivity contribution in [1.29, 1.82) is 0 Å². The van der Waals surface area contributed by atoms with Crippen LogP contribution in [-0.2, 0) is 31.1 Å². The Bertz CT molecular complexity index is 382. The Labute approximate surface area is 127 Å². The van der Waals surface area contributed by atoms with Crippen LogP contribution < -0.4 is 0 Å². The average molecular weight is 314 g/mol. The van der Waals surface area contributed by atoms with E-state index in [1.54, 1.807) is 0 Å². The Balaban J connectivity index is 1.37. The number of hydrogen-bond donors (Lipinski definition) is 0. The summed E-state index contributed by atoms with van der Waals surface area (Å²) in [5.74, 6) is 1.83. The van der Waals surface area contributed by atoms with Crippen molar-refractivity contribution in [3.05, 3.63) is 35.4 Å². The molecule has 2 saturated heterocycles. The van der Waals surface area contributed by atoms with Crippen LogP contribution in [0.5, 0.6) is 0 Å². The topological polar surface area (TPSA) is 43.5 Å². The Morgan fingerprint density at radius 3 is 1.75 bits per heavy atom. The lowest BCUT2D eigenvalue weighted by Crippen LogP contribution is -1.98. The first kappa shape index (κ1) is 14.7. The smallest absolute Gasteiger partial charge is 0.0922 e. The van der Waals surface area contributed by atoms with E-state index < -0.39 is 0 Å². The standard InChI is InChI=1S/C14H18O4S2/c1-2-4-12(6-18-20-10-14-8-16-14)11(3-1)5-17-19-9-13-7-15-13/h1-4,13-14H,5-10H2. The molecular weight excluding hydrogens is 296 g/mol. The van der Waals surface area contributed by atoms with Crippen molar-refractivity contribution >= 4 is 24.1 Å². The first-order valence-corrected chi connectivity index (χ1v) is 8.53. The largest absolute Gasteiger partial charge is 0.372 e. The average Bonchev–Trinajstić information content (AvgIpc) is 3.36. The summed E-state index contributed by atoms with van der Waals surface area (Å²) in [6.45, 7) is 2.96. The molecule has 0 spiro atoms. The Morgan fingerprint density at radius 1 is 0.900 bits per heavy atom. The molecule has 0 bridgehead atoms. The highest BCUT2D eigenvalue weighted by Crippen LogP contribution is 2.22. The zero-order valence-electron chi connectivity index (χ0n) is 11.2. The van der Waals surface area contributed by atoms with Gasteiger partial charge in [-0.15, -0.1) is 0 Å². The fourth-order valence-electron chi connectivity index (χ4n) is 1.63. The maximum Gasteiger partial charge on any atom is 0.0922 e. The first-order valence-electron chi connectivity index (χ1n) is 6.70. The van der Waals surface area contributed by atoms with E-state index in [0.29, 0.717) is 25.4 Å². The molecule has 2 heterocycles. The predicted octanol–water partition coefficient (Wildman–Crippen LogP) is 2.81. The molecule has 2 aliphatic heterocycles. The molecule has 1 aromatic rings. The van der Waals surface area contributed by atoms with Gasteiger partial charge in [-0.2, -0.15) is 0 Å². The van der Waals surface area contributed by atoms with Gasteiger partial charge in [0.2, 0.25) is 0 Å². The first-order chi connectivity index (χ1) is 9.92. The molecule has 0 aliphatic carbocycles. The lowest BCUT2D eigenvalue weighted by molar-refractivity contribution is 0.336. The van der Waals surface area contributed by atoms with Gasteiger partial charge in [-0.1, -0.05) is 24.3 Å². The number of benzene rings is 1. The third-order valence-corrected chi connectivity index (χ3v) is 4.61. The molecule has 3 rings (SSSR count). The number of rotatable bonds is 10. The molecule has 2 unspecified atom stereocenters. The van der Waals surface area contributed by atoms with Crippen molar-refractivity contribution in [2.45, 2.75) is 25.4 Å². The summed E-state index contributed by atoms with van der Waals surface area (Å²) >= 11 is 2.96. The molecule has 2 fully saturated rings. The molecule has 0 amide bonds. The summed E-state index contributed by atoms with van der Waals surface area (Å²) in [7, 11) is 0. The second kappa shape index (κ2) is 7.68. The van der Waals surface area contributed by atoms with Crippen LogP contribution in [0.1, 0.15) is 11.1 Å². The molecule has 2 aliphatic rings. The van der Waals surface area contributed by atoms with E-state index in [4.69, 9.17) is 17.8 Å². The van der Waals surface area contributed by atoms with Gasteiger partial charge < -0.3 is 17.8 Å². The van der Waals surface area contributed by atoms with Gasteiger partial charge in [0.15, 0.2) is 0 Å². The molecule has 110 valence electrons. The summed E-state index contributed by atoms with van der Waals surface area (Å²) < 4.78 is 21.5. The molecule has 0 saturated carbocycles. The van der Waals surface area contributed by atoms with Crippen LogP contribution in [0.15, 0.2) is 24.3 Å². The minimum absolute atomic E-state index is 0.402. The van der Waals surface area contributed by atoms with Crippen LogP contribution in [0.25, 0.3) is 0 Å². The van der Waals surface area contributed by atoms with Gasteiger partial charge >= 0.3 is 0 Å². The van der Waals surface area contributed by atoms with Crippen molar-refractivity contribution in [3.63, 3.8) is 0 Å². The molecule has 20 heavy (non-hydrogen) atoms. The minimum atomic E-state index is 0.402. The summed E-state index contributed by atoms with van der Waals surface area (Å²) in [6, 6.07) is 8.23. The second-order valence-corrected chi connectivity index (χ2v) is 6.38. The van der Waals surface area contributed by atoms with Gasteiger partial charge in [0.05, 0.1) is 38.6 Å². The van der Waals surface area contributed by atoms with Gasteiger partial charge in [0, 0.05) is 11.5 Å². The molecule has 2 atom stereocenters. The Hall–Kier alpha value is -0.240. The van der Waals surface area contributed by atoms with Crippen LogP contribution in [0.3, 0.4) is 0 Å². The molecular formula is C14H18O4S2. The normalized spacial score (nSPS) is 23.8. The molecule has 0 aromatic heterocycles. The third kappa shape index (κ3) is 5.27. The number of hydrogen-bond acceptors (Lipinski definition) is 6. The van der Waals surface area contributed by atoms with Gasteiger partial charge in [-0.05, 0) is 35.2 Å².